The SMILES string of the molecule is CCC(C)(C=O)O[C@@](C)(C=O)OCC1(C)O[C@](C)(COCC(C)(O[C@](C)(OCC2(C)O[C@](C)(COC)C(C)(O)[C@@](C)(O)[C@@]2(C)O)C(C)=O)C(C)=O)C(C)(O)[C@@](C)(O)[C@@]1(C)O. The van der Waals surface area contributed by atoms with Crippen molar-refractivity contribution in [2.75, 3.05) is 40.1 Å². The van der Waals surface area contributed by atoms with Crippen LogP contribution in [0.4, 0.5) is 0 Å². The lowest BCUT2D eigenvalue weighted by Gasteiger charge is -2.66. The molecule has 2 aliphatic heterocycles. The molecule has 0 saturated carbocycles. The molecule has 14 atom stereocenters. The number of Topliss-reactive ketones (excluding diaryl/α,β-unsaturated/α-hetero) is 2. The molecule has 350 valence electrons. The molecule has 0 aromatic heterocycles. The van der Waals surface area contributed by atoms with Gasteiger partial charge in [-0.3, -0.25) is 14.4 Å². The van der Waals surface area contributed by atoms with Crippen molar-refractivity contribution >= 4 is 24.1 Å². The lowest BCUT2D eigenvalue weighted by atomic mass is 9.58. The summed E-state index contributed by atoms with van der Waals surface area (Å²) in [5.74, 6) is -5.59. The minimum absolute atomic E-state index is 0.194. The summed E-state index contributed by atoms with van der Waals surface area (Å²) in [7, 11) is 1.37. The summed E-state index contributed by atoms with van der Waals surface area (Å²) in [6, 6.07) is 0. The predicted octanol–water partition coefficient (Wildman–Crippen LogP) is 1.25. The second-order valence-corrected chi connectivity index (χ2v) is 19.5. The van der Waals surface area contributed by atoms with Crippen molar-refractivity contribution in [1.82, 2.24) is 0 Å². The number of carbonyl (C=O) groups excluding carboxylic acids is 4. The number of ether oxygens (including phenoxy) is 8. The molecule has 2 aliphatic rings. The minimum Gasteiger partial charge on any atom is -0.384 e. The van der Waals surface area contributed by atoms with Gasteiger partial charge in [0.1, 0.15) is 61.6 Å². The van der Waals surface area contributed by atoms with Crippen LogP contribution >= 0.6 is 0 Å². The Balaban J connectivity index is 2.48. The fourth-order valence-corrected chi connectivity index (χ4v) is 7.92. The van der Waals surface area contributed by atoms with Gasteiger partial charge >= 0.3 is 0 Å². The summed E-state index contributed by atoms with van der Waals surface area (Å²) in [6.07, 6.45) is 1.06. The van der Waals surface area contributed by atoms with Crippen molar-refractivity contribution < 1.29 is 87.7 Å². The highest BCUT2D eigenvalue weighted by molar-refractivity contribution is 5.87. The van der Waals surface area contributed by atoms with Crippen molar-refractivity contribution in [2.45, 2.75) is 203 Å². The zero-order valence-electron chi connectivity index (χ0n) is 39.0. The summed E-state index contributed by atoms with van der Waals surface area (Å²) >= 11 is 0. The van der Waals surface area contributed by atoms with E-state index in [9.17, 15) is 49.8 Å². The van der Waals surface area contributed by atoms with Crippen molar-refractivity contribution in [3.8, 4) is 0 Å². The summed E-state index contributed by atoms with van der Waals surface area (Å²) in [6.45, 7) is 19.8. The van der Waals surface area contributed by atoms with Gasteiger partial charge in [0.2, 0.25) is 11.6 Å². The Hall–Kier alpha value is -1.88. The van der Waals surface area contributed by atoms with E-state index in [4.69, 9.17) is 37.9 Å². The number of hydrogen-bond donors (Lipinski definition) is 6. The van der Waals surface area contributed by atoms with Crippen LogP contribution in [-0.2, 0) is 57.1 Å². The molecule has 0 aromatic carbocycles. The Bertz CT molecular complexity index is 1610. The first-order chi connectivity index (χ1) is 26.6. The molecule has 0 amide bonds. The third-order valence-corrected chi connectivity index (χ3v) is 14.6. The Morgan fingerprint density at radius 2 is 0.950 bits per heavy atom. The van der Waals surface area contributed by atoms with Crippen LogP contribution in [-0.4, -0.2) is 174 Å². The third-order valence-electron chi connectivity index (χ3n) is 14.6. The van der Waals surface area contributed by atoms with Crippen LogP contribution in [0.15, 0.2) is 0 Å². The van der Waals surface area contributed by atoms with E-state index in [1.54, 1.807) is 6.92 Å². The highest BCUT2D eigenvalue weighted by Gasteiger charge is 2.75. The minimum atomic E-state index is -2.38. The molecule has 2 heterocycles. The molecule has 18 heteroatoms. The molecule has 0 aliphatic carbocycles. The highest BCUT2D eigenvalue weighted by atomic mass is 16.7. The summed E-state index contributed by atoms with van der Waals surface area (Å²) < 4.78 is 48.0. The van der Waals surface area contributed by atoms with E-state index in [1.165, 1.54) is 111 Å². The summed E-state index contributed by atoms with van der Waals surface area (Å²) in [4.78, 5) is 50.7. The highest BCUT2D eigenvalue weighted by Crippen LogP contribution is 2.55. The first-order valence-electron chi connectivity index (χ1n) is 20.0. The van der Waals surface area contributed by atoms with E-state index < -0.39 is 117 Å². The van der Waals surface area contributed by atoms with Gasteiger partial charge in [-0.05, 0) is 110 Å². The summed E-state index contributed by atoms with van der Waals surface area (Å²) in [5, 5.41) is 70.8. The average molecular weight is 867 g/mol. The van der Waals surface area contributed by atoms with Crippen molar-refractivity contribution in [2.24, 2.45) is 0 Å². The Kier molecular flexibility index (Phi) is 15.0. The largest absolute Gasteiger partial charge is 0.384 e. The van der Waals surface area contributed by atoms with Crippen LogP contribution in [0.2, 0.25) is 0 Å². The van der Waals surface area contributed by atoms with Gasteiger partial charge in [0, 0.05) is 14.0 Å². The fourth-order valence-electron chi connectivity index (χ4n) is 7.92. The molecule has 0 spiro atoms. The van der Waals surface area contributed by atoms with Gasteiger partial charge in [0.25, 0.3) is 0 Å². The maximum Gasteiger partial charge on any atom is 0.226 e. The maximum atomic E-state index is 13.3. The van der Waals surface area contributed by atoms with Crippen molar-refractivity contribution in [3.63, 3.8) is 0 Å². The number of hydrogen-bond acceptors (Lipinski definition) is 18. The van der Waals surface area contributed by atoms with Gasteiger partial charge in [-0.2, -0.15) is 0 Å². The molecule has 0 bridgehead atoms. The van der Waals surface area contributed by atoms with E-state index in [0.717, 1.165) is 6.92 Å². The topological polar surface area (TPSA) is 264 Å². The third kappa shape index (κ3) is 8.56. The number of aliphatic hydroxyl groups is 6. The standard InChI is InChI=1S/C42H74O18/c1-19-29(4,20-43)57-35(10,21-44)55-25-33(8)39(14,49)42(17,52)38(13,48)32(7,60-33)24-54-22-30(5,27(2)45)58-36(11,28(3)46)56-26-34(9)40(15,50)41(16,51)37(12,47)31(6,59-34)23-53-18/h20-21,47-52H,19,22-26H2,1-18H3/t29?,30?,31-,32-,33?,34?,35+,36+,37?,38?,39+,40+,41-,42-/m1/s1. The lowest BCUT2D eigenvalue weighted by Crippen LogP contribution is -2.85. The first-order valence-corrected chi connectivity index (χ1v) is 20.0. The van der Waals surface area contributed by atoms with Crippen LogP contribution in [0.3, 0.4) is 0 Å². The first kappa shape index (κ1) is 54.3. The number of aldehydes is 2. The molecule has 60 heavy (non-hydrogen) atoms. The van der Waals surface area contributed by atoms with Gasteiger partial charge in [-0.15, -0.1) is 0 Å². The van der Waals surface area contributed by atoms with Gasteiger partial charge in [0.15, 0.2) is 29.7 Å². The normalized spacial score (nSPS) is 43.8. The van der Waals surface area contributed by atoms with Gasteiger partial charge in [-0.1, -0.05) is 6.92 Å². The zero-order chi connectivity index (χ0) is 47.5. The summed E-state index contributed by atoms with van der Waals surface area (Å²) in [5.41, 5.74) is -24.2. The average Bonchev–Trinajstić information content (AvgIpc) is 3.11. The molecular weight excluding hydrogens is 792 g/mol. The molecule has 0 aromatic rings. The second kappa shape index (κ2) is 16.6. The Morgan fingerprint density at radius 3 is 1.28 bits per heavy atom. The molecule has 0 radical (unpaired) electrons. The molecule has 6 N–H and O–H groups in total. The quantitative estimate of drug-likeness (QED) is 0.0701. The van der Waals surface area contributed by atoms with Crippen molar-refractivity contribution in [1.29, 1.82) is 0 Å². The monoisotopic (exact) mass is 866 g/mol. The van der Waals surface area contributed by atoms with Crippen LogP contribution in [0.25, 0.3) is 0 Å². The predicted molar refractivity (Wildman–Crippen MR) is 214 cm³/mol. The number of carbonyl (C=O) groups is 4. The smallest absolute Gasteiger partial charge is 0.226 e. The van der Waals surface area contributed by atoms with E-state index >= 15 is 0 Å². The lowest BCUT2D eigenvalue weighted by molar-refractivity contribution is -0.416. The molecule has 6 unspecified atom stereocenters. The van der Waals surface area contributed by atoms with Crippen molar-refractivity contribution in [3.05, 3.63) is 0 Å². The molecule has 2 rings (SSSR count). The zero-order valence-corrected chi connectivity index (χ0v) is 39.0. The number of ketones is 2. The Labute approximate surface area is 354 Å². The van der Waals surface area contributed by atoms with Gasteiger partial charge in [-0.25, -0.2) is 0 Å². The van der Waals surface area contributed by atoms with E-state index in [2.05, 4.69) is 0 Å². The number of rotatable bonds is 21. The van der Waals surface area contributed by atoms with E-state index in [1.807, 2.05) is 0 Å². The molecular formula is C42H74O18. The fraction of sp³-hybridized carbons (Fsp3) is 0.905. The van der Waals surface area contributed by atoms with Crippen LogP contribution in [0, 0.1) is 0 Å². The molecule has 18 nitrogen and oxygen atoms in total. The van der Waals surface area contributed by atoms with Gasteiger partial charge in [0.05, 0.1) is 33.0 Å². The second-order valence-electron chi connectivity index (χ2n) is 19.5. The molecule has 2 fully saturated rings. The van der Waals surface area contributed by atoms with Gasteiger partial charge < -0.3 is 73.3 Å². The van der Waals surface area contributed by atoms with Crippen LogP contribution < -0.4 is 0 Å². The molecule has 2 saturated heterocycles. The van der Waals surface area contributed by atoms with E-state index in [0.29, 0.717) is 12.6 Å². The Morgan fingerprint density at radius 1 is 0.567 bits per heavy atom. The van der Waals surface area contributed by atoms with E-state index in [-0.39, 0.29) is 13.0 Å². The maximum absolute atomic E-state index is 13.3. The van der Waals surface area contributed by atoms with Crippen LogP contribution in [0.1, 0.15) is 124 Å². The number of methoxy groups -OCH3 is 1. The van der Waals surface area contributed by atoms with Crippen LogP contribution in [0.5, 0.6) is 0 Å².